The Kier molecular flexibility index (Phi) is 36.3. The molecule has 1 aliphatic carbocycles. The van der Waals surface area contributed by atoms with Crippen LogP contribution in [-0.4, -0.2) is 54.2 Å². The molecule has 0 unspecified atom stereocenters. The minimum absolute atomic E-state index is 0.441. The van der Waals surface area contributed by atoms with Gasteiger partial charge in [-0.2, -0.15) is 0 Å². The number of hydrogen-bond acceptors (Lipinski definition) is 8. The predicted octanol–water partition coefficient (Wildman–Crippen LogP) is 7.71. The fourth-order valence-electron chi connectivity index (χ4n) is 4.30. The number of hydrogen-bond donors (Lipinski definition) is 4. The van der Waals surface area contributed by atoms with Crippen molar-refractivity contribution in [3.05, 3.63) is 17.7 Å². The molecule has 0 aromatic heterocycles. The third-order valence-electron chi connectivity index (χ3n) is 7.43. The van der Waals surface area contributed by atoms with Crippen molar-refractivity contribution < 1.29 is 18.9 Å². The maximum Gasteiger partial charge on any atom is 0.203 e. The van der Waals surface area contributed by atoms with E-state index < -0.39 is 0 Å². The molecule has 0 amide bonds. The molecule has 1 saturated carbocycles. The SMILES string of the molecule is CCCCCCCCCCCCCCCN.CCCCOCCCN.COc1cc(CN)cc(OC)c1OC.NCC1CC1. The Morgan fingerprint density at radius 2 is 1.00 bits per heavy atom. The van der Waals surface area contributed by atoms with E-state index in [0.29, 0.717) is 23.8 Å². The standard InChI is InChI=1S/C15H33N.C10H15NO3.C7H17NO.C4H9N/c1-2-3-4-5-6-7-8-9-10-11-12-13-14-15-16;1-12-8-4-7(6-11)5-9(13-2)10(8)14-3;1-2-3-6-9-7-4-5-8;5-3-4-1-2-4/h2-16H2,1H3;4-5H,6,11H2,1-3H3;2-8H2,1H3;4H,1-3,5H2. The van der Waals surface area contributed by atoms with Gasteiger partial charge in [-0.05, 0) is 75.4 Å². The van der Waals surface area contributed by atoms with Crippen molar-refractivity contribution in [2.24, 2.45) is 28.9 Å². The zero-order valence-corrected chi connectivity index (χ0v) is 29.6. The zero-order chi connectivity index (χ0) is 33.1. The summed E-state index contributed by atoms with van der Waals surface area (Å²) in [5.74, 6) is 2.77. The van der Waals surface area contributed by atoms with Gasteiger partial charge in [0.1, 0.15) is 0 Å². The van der Waals surface area contributed by atoms with Crippen LogP contribution in [0.2, 0.25) is 0 Å². The van der Waals surface area contributed by atoms with Crippen LogP contribution in [0, 0.1) is 5.92 Å². The average Bonchev–Trinajstić information content (AvgIpc) is 3.90. The maximum absolute atomic E-state index is 5.54. The molecule has 1 aromatic carbocycles. The van der Waals surface area contributed by atoms with Crippen molar-refractivity contribution in [3.63, 3.8) is 0 Å². The Morgan fingerprint density at radius 1 is 0.568 bits per heavy atom. The zero-order valence-electron chi connectivity index (χ0n) is 29.6. The van der Waals surface area contributed by atoms with Crippen LogP contribution in [0.3, 0.4) is 0 Å². The lowest BCUT2D eigenvalue weighted by atomic mass is 10.0. The van der Waals surface area contributed by atoms with Gasteiger partial charge >= 0.3 is 0 Å². The van der Waals surface area contributed by atoms with E-state index >= 15 is 0 Å². The van der Waals surface area contributed by atoms with E-state index in [2.05, 4.69) is 13.8 Å². The Bertz CT molecular complexity index is 660. The number of unbranched alkanes of at least 4 members (excludes halogenated alkanes) is 13. The summed E-state index contributed by atoms with van der Waals surface area (Å²) in [5.41, 5.74) is 22.4. The van der Waals surface area contributed by atoms with Crippen LogP contribution in [-0.2, 0) is 11.3 Å². The second-order valence-electron chi connectivity index (χ2n) is 11.6. The van der Waals surface area contributed by atoms with Crippen LogP contribution in [0.15, 0.2) is 12.1 Å². The van der Waals surface area contributed by atoms with Crippen molar-refractivity contribution in [2.45, 2.75) is 136 Å². The molecular weight excluding hydrogens is 552 g/mol. The first-order valence-corrected chi connectivity index (χ1v) is 17.7. The second-order valence-corrected chi connectivity index (χ2v) is 11.6. The van der Waals surface area contributed by atoms with Gasteiger partial charge in [0, 0.05) is 19.8 Å². The van der Waals surface area contributed by atoms with E-state index in [-0.39, 0.29) is 0 Å². The normalized spacial score (nSPS) is 11.8. The largest absolute Gasteiger partial charge is 0.493 e. The first kappa shape index (κ1) is 44.5. The summed E-state index contributed by atoms with van der Waals surface area (Å²) >= 11 is 0. The number of nitrogens with two attached hydrogens (primary N) is 4. The average molecular weight is 627 g/mol. The van der Waals surface area contributed by atoms with Gasteiger partial charge in [-0.25, -0.2) is 0 Å². The van der Waals surface area contributed by atoms with Gasteiger partial charge in [-0.1, -0.05) is 97.3 Å². The van der Waals surface area contributed by atoms with E-state index in [1.165, 1.54) is 109 Å². The molecule has 44 heavy (non-hydrogen) atoms. The van der Waals surface area contributed by atoms with Crippen LogP contribution >= 0.6 is 0 Å². The van der Waals surface area contributed by atoms with Gasteiger partial charge in [0.2, 0.25) is 5.75 Å². The molecule has 0 radical (unpaired) electrons. The smallest absolute Gasteiger partial charge is 0.203 e. The summed E-state index contributed by atoms with van der Waals surface area (Å²) in [6, 6.07) is 3.67. The summed E-state index contributed by atoms with van der Waals surface area (Å²) in [7, 11) is 4.73. The molecule has 1 aliphatic rings. The lowest BCUT2D eigenvalue weighted by Gasteiger charge is -2.13. The molecule has 262 valence electrons. The fourth-order valence-corrected chi connectivity index (χ4v) is 4.30. The molecule has 8 N–H and O–H groups in total. The first-order valence-electron chi connectivity index (χ1n) is 17.7. The Hall–Kier alpha value is -1.58. The predicted molar refractivity (Wildman–Crippen MR) is 190 cm³/mol. The van der Waals surface area contributed by atoms with Crippen LogP contribution in [0.25, 0.3) is 0 Å². The van der Waals surface area contributed by atoms with Crippen LogP contribution < -0.4 is 37.1 Å². The van der Waals surface area contributed by atoms with Gasteiger partial charge in [0.25, 0.3) is 0 Å². The second kappa shape index (κ2) is 35.9. The van der Waals surface area contributed by atoms with Crippen molar-refractivity contribution in [1.29, 1.82) is 0 Å². The summed E-state index contributed by atoms with van der Waals surface area (Å²) in [6.07, 6.45) is 24.5. The highest BCUT2D eigenvalue weighted by Crippen LogP contribution is 2.38. The lowest BCUT2D eigenvalue weighted by Crippen LogP contribution is -2.04. The van der Waals surface area contributed by atoms with Gasteiger partial charge in [0.05, 0.1) is 21.3 Å². The Labute approximate surface area is 272 Å². The van der Waals surface area contributed by atoms with Crippen molar-refractivity contribution in [1.82, 2.24) is 0 Å². The third kappa shape index (κ3) is 29.1. The molecule has 8 heteroatoms. The molecule has 0 spiro atoms. The highest BCUT2D eigenvalue weighted by Gasteiger charge is 2.17. The Morgan fingerprint density at radius 3 is 1.32 bits per heavy atom. The van der Waals surface area contributed by atoms with Gasteiger partial charge < -0.3 is 41.9 Å². The van der Waals surface area contributed by atoms with Gasteiger partial charge in [-0.15, -0.1) is 0 Å². The number of benzene rings is 1. The van der Waals surface area contributed by atoms with Crippen LogP contribution in [0.1, 0.15) is 135 Å². The topological polar surface area (TPSA) is 141 Å². The Balaban J connectivity index is 0. The molecule has 0 saturated heterocycles. The highest BCUT2D eigenvalue weighted by atomic mass is 16.5. The summed E-state index contributed by atoms with van der Waals surface area (Å²) in [6.45, 7) is 9.14. The molecule has 0 aliphatic heterocycles. The third-order valence-corrected chi connectivity index (χ3v) is 7.43. The number of rotatable bonds is 24. The highest BCUT2D eigenvalue weighted by molar-refractivity contribution is 5.53. The molecule has 8 nitrogen and oxygen atoms in total. The van der Waals surface area contributed by atoms with Crippen molar-refractivity contribution in [3.8, 4) is 17.2 Å². The first-order chi connectivity index (χ1) is 21.5. The van der Waals surface area contributed by atoms with Gasteiger partial charge in [-0.3, -0.25) is 0 Å². The van der Waals surface area contributed by atoms with E-state index in [0.717, 1.165) is 50.8 Å². The molecular formula is C36H74N4O4. The minimum Gasteiger partial charge on any atom is -0.493 e. The quantitative estimate of drug-likeness (QED) is 0.0855. The summed E-state index contributed by atoms with van der Waals surface area (Å²) in [5, 5.41) is 0. The molecule has 1 fully saturated rings. The fraction of sp³-hybridized carbons (Fsp3) is 0.833. The maximum atomic E-state index is 5.54. The molecule has 0 heterocycles. The number of methoxy groups -OCH3 is 3. The van der Waals surface area contributed by atoms with E-state index in [1.807, 2.05) is 12.1 Å². The molecule has 0 bridgehead atoms. The molecule has 1 aromatic rings. The minimum atomic E-state index is 0.441. The monoisotopic (exact) mass is 627 g/mol. The lowest BCUT2D eigenvalue weighted by molar-refractivity contribution is 0.130. The van der Waals surface area contributed by atoms with Gasteiger partial charge in [0.15, 0.2) is 11.5 Å². The molecule has 2 rings (SSSR count). The molecule has 0 atom stereocenters. The summed E-state index contributed by atoms with van der Waals surface area (Å²) in [4.78, 5) is 0. The van der Waals surface area contributed by atoms with Crippen LogP contribution in [0.5, 0.6) is 17.2 Å². The van der Waals surface area contributed by atoms with Crippen molar-refractivity contribution in [2.75, 3.05) is 54.2 Å². The van der Waals surface area contributed by atoms with E-state index in [4.69, 9.17) is 41.9 Å². The number of ether oxygens (including phenoxy) is 4. The van der Waals surface area contributed by atoms with Crippen LogP contribution in [0.4, 0.5) is 0 Å². The van der Waals surface area contributed by atoms with E-state index in [1.54, 1.807) is 21.3 Å². The summed E-state index contributed by atoms with van der Waals surface area (Å²) < 4.78 is 20.7. The van der Waals surface area contributed by atoms with E-state index in [9.17, 15) is 0 Å². The van der Waals surface area contributed by atoms with Crippen molar-refractivity contribution >= 4 is 0 Å².